The maximum absolute atomic E-state index is 6.87. The lowest BCUT2D eigenvalue weighted by Gasteiger charge is -2.02. The van der Waals surface area contributed by atoms with E-state index in [1.807, 2.05) is 18.2 Å². The minimum atomic E-state index is 0.260. The van der Waals surface area contributed by atoms with Crippen molar-refractivity contribution >= 4 is 0 Å². The summed E-state index contributed by atoms with van der Waals surface area (Å²) in [6.45, 7) is 21.4. The molecule has 0 bridgehead atoms. The molecule has 0 unspecified atom stereocenters. The van der Waals surface area contributed by atoms with Gasteiger partial charge in [-0.05, 0) is 0 Å². The maximum atomic E-state index is 6.87. The molecular formula is C12H9N3. The summed E-state index contributed by atoms with van der Waals surface area (Å²) < 4.78 is 0. The van der Waals surface area contributed by atoms with Crippen LogP contribution in [0.2, 0.25) is 0 Å². The van der Waals surface area contributed by atoms with Gasteiger partial charge < -0.3 is 14.5 Å². The van der Waals surface area contributed by atoms with E-state index < -0.39 is 0 Å². The van der Waals surface area contributed by atoms with Crippen LogP contribution in [0.1, 0.15) is 16.7 Å². The van der Waals surface area contributed by atoms with Gasteiger partial charge in [0.1, 0.15) is 0 Å². The van der Waals surface area contributed by atoms with Crippen molar-refractivity contribution in [3.05, 3.63) is 69.1 Å². The molecule has 1 aromatic carbocycles. The molecule has 1 aromatic rings. The van der Waals surface area contributed by atoms with Crippen molar-refractivity contribution in [2.24, 2.45) is 0 Å². The molecule has 3 heteroatoms. The van der Waals surface area contributed by atoms with Crippen LogP contribution in [0.15, 0.2) is 18.2 Å². The average Bonchev–Trinajstić information content (AvgIpc) is 2.23. The number of benzene rings is 1. The lowest BCUT2D eigenvalue weighted by Crippen LogP contribution is -1.96. The summed E-state index contributed by atoms with van der Waals surface area (Å²) in [5, 5.41) is 0. The van der Waals surface area contributed by atoms with Crippen molar-refractivity contribution in [2.45, 2.75) is 19.6 Å². The molecule has 0 radical (unpaired) electrons. The van der Waals surface area contributed by atoms with E-state index in [9.17, 15) is 0 Å². The van der Waals surface area contributed by atoms with Crippen molar-refractivity contribution < 1.29 is 0 Å². The summed E-state index contributed by atoms with van der Waals surface area (Å²) in [5.41, 5.74) is 2.61. The van der Waals surface area contributed by atoms with Gasteiger partial charge in [-0.15, -0.1) is 0 Å². The van der Waals surface area contributed by atoms with Crippen LogP contribution < -0.4 is 0 Å². The van der Waals surface area contributed by atoms with E-state index in [2.05, 4.69) is 14.5 Å². The topological polar surface area (TPSA) is 13.1 Å². The summed E-state index contributed by atoms with van der Waals surface area (Å²) in [7, 11) is 0. The highest BCUT2D eigenvalue weighted by Gasteiger charge is 2.13. The molecular weight excluding hydrogens is 186 g/mol. The molecule has 1 rings (SSSR count). The minimum Gasteiger partial charge on any atom is -0.312 e. The molecule has 0 amide bonds. The van der Waals surface area contributed by atoms with Crippen LogP contribution in [-0.2, 0) is 19.6 Å². The molecule has 0 spiro atoms. The first kappa shape index (κ1) is 10.8. The summed E-state index contributed by atoms with van der Waals surface area (Å²) in [6, 6.07) is 5.55. The third-order valence-corrected chi connectivity index (χ3v) is 2.11. The Bertz CT molecular complexity index is 435. The van der Waals surface area contributed by atoms with Crippen molar-refractivity contribution in [1.82, 2.24) is 0 Å². The van der Waals surface area contributed by atoms with Crippen LogP contribution >= 0.6 is 0 Å². The zero-order valence-corrected chi connectivity index (χ0v) is 8.20. The SMILES string of the molecule is [C-]#[N+]Cc1cccc(C[N+]#[C-])c1C[N+]#[C-]. The third-order valence-electron chi connectivity index (χ3n) is 2.11. The Morgan fingerprint density at radius 3 is 1.67 bits per heavy atom. The normalized spacial score (nSPS) is 8.60. The van der Waals surface area contributed by atoms with Gasteiger partial charge in [-0.1, -0.05) is 18.2 Å². The lowest BCUT2D eigenvalue weighted by atomic mass is 10.0. The number of rotatable bonds is 3. The molecule has 0 aliphatic rings. The highest BCUT2D eigenvalue weighted by molar-refractivity contribution is 5.37. The lowest BCUT2D eigenvalue weighted by molar-refractivity contribution is 1.08. The largest absolute Gasteiger partial charge is 0.312 e. The molecule has 0 heterocycles. The zero-order valence-electron chi connectivity index (χ0n) is 8.20. The summed E-state index contributed by atoms with van der Waals surface area (Å²) >= 11 is 0. The number of hydrogen-bond acceptors (Lipinski definition) is 0. The molecule has 3 nitrogen and oxygen atoms in total. The molecule has 0 saturated carbocycles. The molecule has 0 saturated heterocycles. The second kappa shape index (κ2) is 5.43. The second-order valence-electron chi connectivity index (χ2n) is 3.00. The molecule has 0 aliphatic carbocycles. The highest BCUT2D eigenvalue weighted by atomic mass is 14.7. The predicted molar refractivity (Wildman–Crippen MR) is 57.4 cm³/mol. The van der Waals surface area contributed by atoms with Gasteiger partial charge in [0.15, 0.2) is 0 Å². The van der Waals surface area contributed by atoms with E-state index in [1.54, 1.807) is 0 Å². The van der Waals surface area contributed by atoms with Crippen molar-refractivity contribution in [3.8, 4) is 0 Å². The monoisotopic (exact) mass is 195 g/mol. The molecule has 0 aromatic heterocycles. The first-order valence-electron chi connectivity index (χ1n) is 4.42. The maximum Gasteiger partial charge on any atom is 0.240 e. The van der Waals surface area contributed by atoms with E-state index in [0.717, 1.165) is 16.7 Å². The summed E-state index contributed by atoms with van der Waals surface area (Å²) in [5.74, 6) is 0. The minimum absolute atomic E-state index is 0.260. The first-order chi connectivity index (χ1) is 7.33. The van der Waals surface area contributed by atoms with Crippen molar-refractivity contribution in [1.29, 1.82) is 0 Å². The van der Waals surface area contributed by atoms with Gasteiger partial charge in [0.2, 0.25) is 19.6 Å². The standard InChI is InChI=1S/C12H9N3/c1-13-7-10-5-4-6-11(8-14-2)12(10)9-15-3/h4-6H,7-9H2. The Morgan fingerprint density at radius 1 is 0.800 bits per heavy atom. The van der Waals surface area contributed by atoms with Gasteiger partial charge in [0, 0.05) is 11.1 Å². The molecule has 72 valence electrons. The quantitative estimate of drug-likeness (QED) is 0.658. The van der Waals surface area contributed by atoms with Crippen LogP contribution in [0.4, 0.5) is 0 Å². The molecule has 0 N–H and O–H groups in total. The van der Waals surface area contributed by atoms with E-state index >= 15 is 0 Å². The average molecular weight is 195 g/mol. The van der Waals surface area contributed by atoms with E-state index in [4.69, 9.17) is 19.7 Å². The van der Waals surface area contributed by atoms with Gasteiger partial charge in [0.05, 0.1) is 5.56 Å². The van der Waals surface area contributed by atoms with Gasteiger partial charge in [-0.3, -0.25) is 0 Å². The molecule has 0 aliphatic heterocycles. The van der Waals surface area contributed by atoms with E-state index in [1.165, 1.54) is 0 Å². The van der Waals surface area contributed by atoms with Crippen LogP contribution in [0.25, 0.3) is 14.5 Å². The van der Waals surface area contributed by atoms with Crippen LogP contribution in [0.3, 0.4) is 0 Å². The Morgan fingerprint density at radius 2 is 1.27 bits per heavy atom. The van der Waals surface area contributed by atoms with Gasteiger partial charge in [-0.2, -0.15) is 0 Å². The van der Waals surface area contributed by atoms with Crippen LogP contribution in [0, 0.1) is 19.7 Å². The van der Waals surface area contributed by atoms with E-state index in [-0.39, 0.29) is 19.6 Å². The van der Waals surface area contributed by atoms with Crippen LogP contribution in [0.5, 0.6) is 0 Å². The Balaban J connectivity index is 3.18. The van der Waals surface area contributed by atoms with Crippen molar-refractivity contribution in [3.63, 3.8) is 0 Å². The Hall–Kier alpha value is -2.31. The third kappa shape index (κ3) is 2.56. The predicted octanol–water partition coefficient (Wildman–Crippen LogP) is 2.94. The Kier molecular flexibility index (Phi) is 3.90. The van der Waals surface area contributed by atoms with Crippen LogP contribution in [-0.4, -0.2) is 0 Å². The zero-order chi connectivity index (χ0) is 11.1. The fourth-order valence-corrected chi connectivity index (χ4v) is 1.44. The van der Waals surface area contributed by atoms with E-state index in [0.29, 0.717) is 0 Å². The number of hydrogen-bond donors (Lipinski definition) is 0. The number of nitrogens with zero attached hydrogens (tertiary/aromatic N) is 3. The van der Waals surface area contributed by atoms with Crippen molar-refractivity contribution in [2.75, 3.05) is 0 Å². The Labute approximate surface area is 89.4 Å². The highest BCUT2D eigenvalue weighted by Crippen LogP contribution is 2.18. The van der Waals surface area contributed by atoms with Gasteiger partial charge >= 0.3 is 0 Å². The fraction of sp³-hybridized carbons (Fsp3) is 0.250. The fourth-order valence-electron chi connectivity index (χ4n) is 1.44. The smallest absolute Gasteiger partial charge is 0.240 e. The summed E-state index contributed by atoms with van der Waals surface area (Å²) in [6.07, 6.45) is 0. The molecule has 15 heavy (non-hydrogen) atoms. The molecule has 0 atom stereocenters. The summed E-state index contributed by atoms with van der Waals surface area (Å²) in [4.78, 5) is 9.98. The molecule has 0 fully saturated rings. The first-order valence-corrected chi connectivity index (χ1v) is 4.42. The van der Waals surface area contributed by atoms with Gasteiger partial charge in [-0.25, -0.2) is 19.7 Å². The second-order valence-corrected chi connectivity index (χ2v) is 3.00. The van der Waals surface area contributed by atoms with Gasteiger partial charge in [0.25, 0.3) is 0 Å².